The first-order valence-electron chi connectivity index (χ1n) is 7.54. The molecule has 0 aromatic heterocycles. The molecule has 1 atom stereocenters. The van der Waals surface area contributed by atoms with Gasteiger partial charge in [-0.3, -0.25) is 4.79 Å². The summed E-state index contributed by atoms with van der Waals surface area (Å²) in [7, 11) is 0. The number of benzene rings is 2. The van der Waals surface area contributed by atoms with Crippen LogP contribution in [0.5, 0.6) is 5.75 Å². The van der Waals surface area contributed by atoms with Crippen molar-refractivity contribution in [3.05, 3.63) is 59.7 Å². The van der Waals surface area contributed by atoms with Crippen molar-refractivity contribution >= 4 is 28.8 Å². The van der Waals surface area contributed by atoms with E-state index >= 15 is 0 Å². The molecule has 0 bridgehead atoms. The molecule has 0 aliphatic carbocycles. The summed E-state index contributed by atoms with van der Waals surface area (Å²) in [5, 5.41) is 7.05. The first-order valence-corrected chi connectivity index (χ1v) is 7.94. The van der Waals surface area contributed by atoms with Crippen LogP contribution in [0.2, 0.25) is 0 Å². The maximum Gasteiger partial charge on any atom is 0.171 e. The molecule has 0 saturated heterocycles. The lowest BCUT2D eigenvalue weighted by atomic mass is 10.0. The van der Waals surface area contributed by atoms with E-state index in [1.807, 2.05) is 30.3 Å². The Kier molecular flexibility index (Phi) is 4.57. The fourth-order valence-electron chi connectivity index (χ4n) is 2.61. The smallest absolute Gasteiger partial charge is 0.171 e. The Morgan fingerprint density at radius 3 is 2.65 bits per heavy atom. The molecule has 0 saturated carbocycles. The van der Waals surface area contributed by atoms with E-state index in [1.54, 1.807) is 19.1 Å². The van der Waals surface area contributed by atoms with Crippen LogP contribution in [-0.2, 0) is 0 Å². The molecule has 4 nitrogen and oxygen atoms in total. The van der Waals surface area contributed by atoms with Gasteiger partial charge in [-0.15, -0.1) is 0 Å². The van der Waals surface area contributed by atoms with Gasteiger partial charge in [-0.05, 0) is 49.5 Å². The number of nitrogens with one attached hydrogen (secondary N) is 2. The number of Topliss-reactive ketones (excluding diaryl/α,β-unsaturated/α-hetero) is 1. The zero-order valence-corrected chi connectivity index (χ0v) is 13.7. The predicted molar refractivity (Wildman–Crippen MR) is 95.1 cm³/mol. The number of thiocarbonyl (C=S) groups is 1. The minimum Gasteiger partial charge on any atom is -0.493 e. The van der Waals surface area contributed by atoms with Crippen molar-refractivity contribution in [2.75, 3.05) is 11.9 Å². The van der Waals surface area contributed by atoms with E-state index in [2.05, 4.69) is 16.7 Å². The van der Waals surface area contributed by atoms with E-state index in [4.69, 9.17) is 17.0 Å². The van der Waals surface area contributed by atoms with Crippen molar-refractivity contribution in [2.45, 2.75) is 19.4 Å². The van der Waals surface area contributed by atoms with Crippen molar-refractivity contribution in [1.29, 1.82) is 0 Å². The second-order valence-electron chi connectivity index (χ2n) is 5.46. The van der Waals surface area contributed by atoms with Crippen molar-refractivity contribution in [3.63, 3.8) is 0 Å². The van der Waals surface area contributed by atoms with Crippen LogP contribution in [0.3, 0.4) is 0 Å². The Bertz CT molecular complexity index is 728. The van der Waals surface area contributed by atoms with Crippen LogP contribution >= 0.6 is 12.2 Å². The number of rotatable bonds is 3. The van der Waals surface area contributed by atoms with Crippen LogP contribution in [0.1, 0.15) is 35.3 Å². The summed E-state index contributed by atoms with van der Waals surface area (Å²) in [6, 6.07) is 15.4. The lowest BCUT2D eigenvalue weighted by Gasteiger charge is -2.27. The number of fused-ring (bicyclic) bond motifs is 1. The summed E-state index contributed by atoms with van der Waals surface area (Å²) in [6.45, 7) is 2.22. The third-order valence-corrected chi connectivity index (χ3v) is 4.03. The van der Waals surface area contributed by atoms with E-state index in [1.165, 1.54) is 0 Å². The van der Waals surface area contributed by atoms with E-state index in [0.717, 1.165) is 23.4 Å². The van der Waals surface area contributed by atoms with Crippen LogP contribution in [0.15, 0.2) is 48.5 Å². The third kappa shape index (κ3) is 3.68. The molecular formula is C18H18N2O2S. The Balaban J connectivity index is 1.65. The minimum atomic E-state index is 0.0519. The first kappa shape index (κ1) is 15.5. The van der Waals surface area contributed by atoms with Crippen LogP contribution in [0.25, 0.3) is 0 Å². The van der Waals surface area contributed by atoms with Gasteiger partial charge in [-0.1, -0.05) is 18.2 Å². The van der Waals surface area contributed by atoms with Gasteiger partial charge in [0.05, 0.1) is 12.6 Å². The minimum absolute atomic E-state index is 0.0519. The molecule has 0 unspecified atom stereocenters. The van der Waals surface area contributed by atoms with Gasteiger partial charge >= 0.3 is 0 Å². The molecular weight excluding hydrogens is 308 g/mol. The van der Waals surface area contributed by atoms with E-state index in [9.17, 15) is 4.79 Å². The lowest BCUT2D eigenvalue weighted by molar-refractivity contribution is 0.101. The van der Waals surface area contributed by atoms with E-state index in [0.29, 0.717) is 17.3 Å². The van der Waals surface area contributed by atoms with Gasteiger partial charge in [0.25, 0.3) is 0 Å². The molecule has 0 fully saturated rings. The standard InChI is InChI=1S/C18H18N2O2S/c1-12(21)13-6-8-14(9-7-13)19-18(23)20-16-10-11-22-17-5-3-2-4-15(16)17/h2-9,16H,10-11H2,1H3,(H2,19,20,23)/t16-/m0/s1. The van der Waals surface area contributed by atoms with Crippen LogP contribution in [0, 0.1) is 0 Å². The summed E-state index contributed by atoms with van der Waals surface area (Å²) in [5.41, 5.74) is 2.66. The molecule has 2 aromatic rings. The highest BCUT2D eigenvalue weighted by Crippen LogP contribution is 2.31. The molecule has 2 aromatic carbocycles. The maximum atomic E-state index is 11.3. The number of carbonyl (C=O) groups excluding carboxylic acids is 1. The van der Waals surface area contributed by atoms with Gasteiger partial charge in [0.15, 0.2) is 10.9 Å². The largest absolute Gasteiger partial charge is 0.493 e. The number of ketones is 1. The molecule has 5 heteroatoms. The van der Waals surface area contributed by atoms with Gasteiger partial charge in [0.1, 0.15) is 5.75 Å². The summed E-state index contributed by atoms with van der Waals surface area (Å²) >= 11 is 5.40. The van der Waals surface area contributed by atoms with E-state index in [-0.39, 0.29) is 11.8 Å². The van der Waals surface area contributed by atoms with Crippen LogP contribution in [0.4, 0.5) is 5.69 Å². The second-order valence-corrected chi connectivity index (χ2v) is 5.87. The third-order valence-electron chi connectivity index (χ3n) is 3.81. The number of ether oxygens (including phenoxy) is 1. The van der Waals surface area contributed by atoms with Gasteiger partial charge in [-0.2, -0.15) is 0 Å². The monoisotopic (exact) mass is 326 g/mol. The van der Waals surface area contributed by atoms with Crippen molar-refractivity contribution in [1.82, 2.24) is 5.32 Å². The highest BCUT2D eigenvalue weighted by atomic mass is 32.1. The second kappa shape index (κ2) is 6.79. The van der Waals surface area contributed by atoms with Crippen LogP contribution in [-0.4, -0.2) is 17.5 Å². The van der Waals surface area contributed by atoms with Crippen molar-refractivity contribution in [2.24, 2.45) is 0 Å². The zero-order chi connectivity index (χ0) is 16.2. The Morgan fingerprint density at radius 1 is 1.17 bits per heavy atom. The lowest BCUT2D eigenvalue weighted by Crippen LogP contribution is -2.35. The topological polar surface area (TPSA) is 50.4 Å². The van der Waals surface area contributed by atoms with Crippen molar-refractivity contribution < 1.29 is 9.53 Å². The molecule has 1 aliphatic heterocycles. The quantitative estimate of drug-likeness (QED) is 0.665. The summed E-state index contributed by atoms with van der Waals surface area (Å²) in [6.07, 6.45) is 0.863. The fraction of sp³-hybridized carbons (Fsp3) is 0.222. The SMILES string of the molecule is CC(=O)c1ccc(NC(=S)N[C@H]2CCOc3ccccc32)cc1. The maximum absolute atomic E-state index is 11.3. The number of hydrogen-bond donors (Lipinski definition) is 2. The molecule has 0 spiro atoms. The Morgan fingerprint density at radius 2 is 1.91 bits per heavy atom. The summed E-state index contributed by atoms with van der Waals surface area (Å²) in [5.74, 6) is 0.959. The Hall–Kier alpha value is -2.40. The number of anilines is 1. The van der Waals surface area contributed by atoms with Gasteiger partial charge in [0.2, 0.25) is 0 Å². The number of para-hydroxylation sites is 1. The average Bonchev–Trinajstić information content (AvgIpc) is 2.55. The Labute approximate surface area is 140 Å². The molecule has 118 valence electrons. The molecule has 1 aliphatic rings. The highest BCUT2D eigenvalue weighted by molar-refractivity contribution is 7.80. The normalized spacial score (nSPS) is 16.0. The average molecular weight is 326 g/mol. The van der Waals surface area contributed by atoms with Gasteiger partial charge in [-0.25, -0.2) is 0 Å². The predicted octanol–water partition coefficient (Wildman–Crippen LogP) is 3.70. The fourth-order valence-corrected chi connectivity index (χ4v) is 2.87. The van der Waals surface area contributed by atoms with Gasteiger partial charge in [0, 0.05) is 23.2 Å². The summed E-state index contributed by atoms with van der Waals surface area (Å²) < 4.78 is 5.65. The highest BCUT2D eigenvalue weighted by Gasteiger charge is 2.21. The van der Waals surface area contributed by atoms with Crippen molar-refractivity contribution in [3.8, 4) is 5.75 Å². The molecule has 3 rings (SSSR count). The summed E-state index contributed by atoms with van der Waals surface area (Å²) in [4.78, 5) is 11.3. The van der Waals surface area contributed by atoms with Gasteiger partial charge < -0.3 is 15.4 Å². The first-order chi connectivity index (χ1) is 11.1. The molecule has 0 radical (unpaired) electrons. The number of hydrogen-bond acceptors (Lipinski definition) is 3. The molecule has 0 amide bonds. The van der Waals surface area contributed by atoms with E-state index < -0.39 is 0 Å². The van der Waals surface area contributed by atoms with Crippen LogP contribution < -0.4 is 15.4 Å². The zero-order valence-electron chi connectivity index (χ0n) is 12.8. The molecule has 23 heavy (non-hydrogen) atoms. The molecule has 1 heterocycles. The number of carbonyl (C=O) groups is 1. The molecule has 2 N–H and O–H groups in total.